The molecule has 3 aromatic rings. The van der Waals surface area contributed by atoms with Crippen LogP contribution in [-0.4, -0.2) is 30.4 Å². The van der Waals surface area contributed by atoms with E-state index in [9.17, 15) is 4.79 Å². The summed E-state index contributed by atoms with van der Waals surface area (Å²) in [6.45, 7) is 1.80. The van der Waals surface area contributed by atoms with Crippen LogP contribution < -0.4 is 20.1 Å². The fraction of sp³-hybridized carbons (Fsp3) is 0.158. The molecule has 1 aromatic heterocycles. The average Bonchev–Trinajstić information content (AvgIpc) is 3.05. The third-order valence-electron chi connectivity index (χ3n) is 4.04. The smallest absolute Gasteiger partial charge is 0.323 e. The summed E-state index contributed by atoms with van der Waals surface area (Å²) in [5, 5.41) is 13.3. The first-order valence-corrected chi connectivity index (χ1v) is 8.99. The maximum atomic E-state index is 12.5. The third kappa shape index (κ3) is 4.00. The highest BCUT2D eigenvalue weighted by Gasteiger charge is 2.17. The number of nitrogens with zero attached hydrogens (tertiary/aromatic N) is 1. The zero-order valence-corrected chi connectivity index (χ0v) is 16.9. The molecule has 9 heteroatoms. The second-order valence-electron chi connectivity index (χ2n) is 5.82. The largest absolute Gasteiger partial charge is 0.493 e. The van der Waals surface area contributed by atoms with E-state index in [1.165, 1.54) is 0 Å². The van der Waals surface area contributed by atoms with E-state index in [1.54, 1.807) is 51.5 Å². The van der Waals surface area contributed by atoms with Crippen LogP contribution in [0.5, 0.6) is 11.5 Å². The summed E-state index contributed by atoms with van der Waals surface area (Å²) >= 11 is 12.1. The van der Waals surface area contributed by atoms with E-state index < -0.39 is 6.03 Å². The minimum atomic E-state index is -0.476. The second kappa shape index (κ2) is 8.41. The van der Waals surface area contributed by atoms with E-state index in [2.05, 4.69) is 20.8 Å². The van der Waals surface area contributed by atoms with Crippen molar-refractivity contribution in [2.45, 2.75) is 6.92 Å². The van der Waals surface area contributed by atoms with Crippen molar-refractivity contribution in [3.63, 3.8) is 0 Å². The third-order valence-corrected chi connectivity index (χ3v) is 4.86. The van der Waals surface area contributed by atoms with Crippen LogP contribution in [0.15, 0.2) is 36.4 Å². The summed E-state index contributed by atoms with van der Waals surface area (Å²) < 4.78 is 10.6. The Bertz CT molecular complexity index is 1020. The molecule has 0 aliphatic rings. The van der Waals surface area contributed by atoms with Gasteiger partial charge < -0.3 is 20.1 Å². The first-order chi connectivity index (χ1) is 13.4. The molecule has 0 aliphatic heterocycles. The summed E-state index contributed by atoms with van der Waals surface area (Å²) in [7, 11) is 3.12. The van der Waals surface area contributed by atoms with Crippen LogP contribution >= 0.6 is 23.2 Å². The highest BCUT2D eigenvalue weighted by Crippen LogP contribution is 2.35. The minimum absolute atomic E-state index is 0.267. The number of rotatable bonds is 5. The predicted molar refractivity (Wildman–Crippen MR) is 111 cm³/mol. The number of amides is 2. The molecule has 1 heterocycles. The molecule has 2 aromatic carbocycles. The predicted octanol–water partition coefficient (Wildman–Crippen LogP) is 5.35. The standard InChI is InChI=1S/C19H18Cl2N4O3/c1-10-17(23-19(26)22-13-6-4-5-12(20)16(13)21)18(25-24-10)11-7-8-14(27-2)15(9-11)28-3/h4-9H,1-3H3,(H,24,25)(H2,22,23,26). The lowest BCUT2D eigenvalue weighted by molar-refractivity contribution is 0.262. The Hall–Kier alpha value is -2.90. The summed E-state index contributed by atoms with van der Waals surface area (Å²) in [5.41, 5.74) is 2.93. The van der Waals surface area contributed by atoms with Crippen molar-refractivity contribution >= 4 is 40.6 Å². The van der Waals surface area contributed by atoms with Crippen molar-refractivity contribution in [3.8, 4) is 22.8 Å². The number of carbonyl (C=O) groups excluding carboxylic acids is 1. The lowest BCUT2D eigenvalue weighted by Gasteiger charge is -2.12. The number of H-pyrrole nitrogens is 1. The number of nitrogens with one attached hydrogen (secondary N) is 3. The average molecular weight is 421 g/mol. The van der Waals surface area contributed by atoms with Crippen molar-refractivity contribution in [1.29, 1.82) is 0 Å². The quantitative estimate of drug-likeness (QED) is 0.518. The van der Waals surface area contributed by atoms with E-state index in [0.717, 1.165) is 5.56 Å². The van der Waals surface area contributed by atoms with E-state index in [1.807, 2.05) is 6.07 Å². The Labute approximate surface area is 171 Å². The summed E-state index contributed by atoms with van der Waals surface area (Å²) in [6, 6.07) is 9.90. The highest BCUT2D eigenvalue weighted by molar-refractivity contribution is 6.44. The first-order valence-electron chi connectivity index (χ1n) is 8.24. The zero-order chi connectivity index (χ0) is 20.3. The molecule has 3 rings (SSSR count). The molecule has 0 spiro atoms. The molecular weight excluding hydrogens is 403 g/mol. The summed E-state index contributed by atoms with van der Waals surface area (Å²) in [5.74, 6) is 1.16. The molecule has 0 radical (unpaired) electrons. The Morgan fingerprint density at radius 1 is 1.07 bits per heavy atom. The molecule has 0 saturated heterocycles. The number of methoxy groups -OCH3 is 2. The number of aryl methyl sites for hydroxylation is 1. The number of benzene rings is 2. The number of hydrogen-bond acceptors (Lipinski definition) is 4. The van der Waals surface area contributed by atoms with Gasteiger partial charge in [-0.2, -0.15) is 5.10 Å². The molecule has 0 bridgehead atoms. The van der Waals surface area contributed by atoms with Crippen LogP contribution in [-0.2, 0) is 0 Å². The fourth-order valence-corrected chi connectivity index (χ4v) is 2.99. The van der Waals surface area contributed by atoms with Crippen LogP contribution in [0.2, 0.25) is 10.0 Å². The molecule has 146 valence electrons. The zero-order valence-electron chi connectivity index (χ0n) is 15.4. The van der Waals surface area contributed by atoms with Crippen LogP contribution in [0.4, 0.5) is 16.2 Å². The SMILES string of the molecule is COc1ccc(-c2n[nH]c(C)c2NC(=O)Nc2cccc(Cl)c2Cl)cc1OC. The van der Waals surface area contributed by atoms with Crippen molar-refractivity contribution < 1.29 is 14.3 Å². The molecule has 0 unspecified atom stereocenters. The monoisotopic (exact) mass is 420 g/mol. The van der Waals surface area contributed by atoms with E-state index in [0.29, 0.717) is 39.3 Å². The number of carbonyl (C=O) groups is 1. The van der Waals surface area contributed by atoms with Gasteiger partial charge in [0.25, 0.3) is 0 Å². The molecular formula is C19H18Cl2N4O3. The van der Waals surface area contributed by atoms with Crippen molar-refractivity contribution in [3.05, 3.63) is 52.1 Å². The van der Waals surface area contributed by atoms with Crippen LogP contribution in [0.1, 0.15) is 5.69 Å². The number of aromatic amines is 1. The maximum absolute atomic E-state index is 12.5. The number of ether oxygens (including phenoxy) is 2. The van der Waals surface area contributed by atoms with Crippen molar-refractivity contribution in [1.82, 2.24) is 10.2 Å². The lowest BCUT2D eigenvalue weighted by Crippen LogP contribution is -2.20. The van der Waals surface area contributed by atoms with Gasteiger partial charge in [0, 0.05) is 5.56 Å². The van der Waals surface area contributed by atoms with Crippen LogP contribution in [0, 0.1) is 6.92 Å². The molecule has 0 atom stereocenters. The highest BCUT2D eigenvalue weighted by atomic mass is 35.5. The first kappa shape index (κ1) is 19.9. The molecule has 0 aliphatic carbocycles. The summed E-state index contributed by atoms with van der Waals surface area (Å²) in [4.78, 5) is 12.5. The number of aromatic nitrogens is 2. The van der Waals surface area contributed by atoms with Gasteiger partial charge in [0.1, 0.15) is 5.69 Å². The van der Waals surface area contributed by atoms with Gasteiger partial charge in [0.05, 0.1) is 41.3 Å². The molecule has 3 N–H and O–H groups in total. The molecule has 0 fully saturated rings. The van der Waals surface area contributed by atoms with Gasteiger partial charge in [0.2, 0.25) is 0 Å². The maximum Gasteiger partial charge on any atom is 0.323 e. The number of anilines is 2. The van der Waals surface area contributed by atoms with Crippen molar-refractivity contribution in [2.24, 2.45) is 0 Å². The summed E-state index contributed by atoms with van der Waals surface area (Å²) in [6.07, 6.45) is 0. The number of hydrogen-bond donors (Lipinski definition) is 3. The van der Waals surface area contributed by atoms with Gasteiger partial charge in [-0.3, -0.25) is 5.10 Å². The van der Waals surface area contributed by atoms with E-state index in [4.69, 9.17) is 32.7 Å². The van der Waals surface area contributed by atoms with Gasteiger partial charge >= 0.3 is 6.03 Å². The molecule has 0 saturated carbocycles. The van der Waals surface area contributed by atoms with Gasteiger partial charge in [0.15, 0.2) is 11.5 Å². The molecule has 28 heavy (non-hydrogen) atoms. The van der Waals surface area contributed by atoms with E-state index in [-0.39, 0.29) is 5.02 Å². The van der Waals surface area contributed by atoms with Gasteiger partial charge in [-0.1, -0.05) is 29.3 Å². The Balaban J connectivity index is 1.87. The van der Waals surface area contributed by atoms with Crippen molar-refractivity contribution in [2.75, 3.05) is 24.9 Å². The molecule has 2 amide bonds. The second-order valence-corrected chi connectivity index (χ2v) is 6.61. The lowest BCUT2D eigenvalue weighted by atomic mass is 10.1. The molecule has 7 nitrogen and oxygen atoms in total. The Morgan fingerprint density at radius 3 is 2.54 bits per heavy atom. The minimum Gasteiger partial charge on any atom is -0.493 e. The number of urea groups is 1. The van der Waals surface area contributed by atoms with Crippen LogP contribution in [0.25, 0.3) is 11.3 Å². The Morgan fingerprint density at radius 2 is 1.82 bits per heavy atom. The van der Waals surface area contributed by atoms with Gasteiger partial charge in [-0.15, -0.1) is 0 Å². The normalized spacial score (nSPS) is 10.5. The Kier molecular flexibility index (Phi) is 5.96. The fourth-order valence-electron chi connectivity index (χ4n) is 2.64. The van der Waals surface area contributed by atoms with Crippen LogP contribution in [0.3, 0.4) is 0 Å². The topological polar surface area (TPSA) is 88.3 Å². The number of halogens is 2. The van der Waals surface area contributed by atoms with Gasteiger partial charge in [-0.05, 0) is 37.3 Å². The van der Waals surface area contributed by atoms with E-state index >= 15 is 0 Å². The van der Waals surface area contributed by atoms with Gasteiger partial charge in [-0.25, -0.2) is 4.79 Å².